The Morgan fingerprint density at radius 2 is 1.88 bits per heavy atom. The van der Waals surface area contributed by atoms with Crippen LogP contribution in [0.25, 0.3) is 0 Å². The molecule has 1 aliphatic rings. The molecular formula is C25H25BO6. The SMILES string of the molecule is CCOC(=O)CCC1OBc2c1ccc(Oc1cccc(OCc3ccccc3)c1)c2O. The highest BCUT2D eigenvalue weighted by Crippen LogP contribution is 2.36. The third kappa shape index (κ3) is 5.24. The number of aromatic hydroxyl groups is 1. The zero-order valence-corrected chi connectivity index (χ0v) is 18.0. The van der Waals surface area contributed by atoms with Crippen molar-refractivity contribution >= 4 is 18.9 Å². The Morgan fingerprint density at radius 3 is 2.69 bits per heavy atom. The number of hydrogen-bond acceptors (Lipinski definition) is 6. The molecule has 0 fully saturated rings. The van der Waals surface area contributed by atoms with Crippen LogP contribution in [-0.2, 0) is 20.8 Å². The molecule has 1 atom stereocenters. The van der Waals surface area contributed by atoms with E-state index in [9.17, 15) is 9.90 Å². The topological polar surface area (TPSA) is 74.2 Å². The van der Waals surface area contributed by atoms with Crippen molar-refractivity contribution in [3.05, 3.63) is 77.9 Å². The number of carbonyl (C=O) groups is 1. The van der Waals surface area contributed by atoms with Crippen molar-refractivity contribution in [2.24, 2.45) is 0 Å². The van der Waals surface area contributed by atoms with Crippen LogP contribution in [0.15, 0.2) is 66.7 Å². The van der Waals surface area contributed by atoms with E-state index >= 15 is 0 Å². The molecule has 0 bridgehead atoms. The third-order valence-electron chi connectivity index (χ3n) is 5.26. The smallest absolute Gasteiger partial charge is 0.313 e. The average molecular weight is 432 g/mol. The maximum atomic E-state index is 11.6. The van der Waals surface area contributed by atoms with Crippen molar-refractivity contribution < 1.29 is 28.8 Å². The summed E-state index contributed by atoms with van der Waals surface area (Å²) in [7, 11) is 0.270. The first-order valence-electron chi connectivity index (χ1n) is 10.7. The second-order valence-electron chi connectivity index (χ2n) is 7.47. The minimum absolute atomic E-state index is 0.0525. The van der Waals surface area contributed by atoms with Gasteiger partial charge >= 0.3 is 13.5 Å². The normalized spacial score (nSPS) is 14.3. The Bertz CT molecular complexity index is 1070. The lowest BCUT2D eigenvalue weighted by atomic mass is 9.85. The second kappa shape index (κ2) is 10.2. The zero-order chi connectivity index (χ0) is 22.3. The summed E-state index contributed by atoms with van der Waals surface area (Å²) < 4.78 is 22.5. The molecule has 1 aliphatic heterocycles. The molecule has 7 heteroatoms. The Morgan fingerprint density at radius 1 is 1.06 bits per heavy atom. The monoisotopic (exact) mass is 432 g/mol. The molecule has 32 heavy (non-hydrogen) atoms. The van der Waals surface area contributed by atoms with E-state index in [2.05, 4.69) is 0 Å². The van der Waals surface area contributed by atoms with Gasteiger partial charge in [0, 0.05) is 12.5 Å². The van der Waals surface area contributed by atoms with Gasteiger partial charge in [0.05, 0.1) is 12.7 Å². The summed E-state index contributed by atoms with van der Waals surface area (Å²) in [6, 6.07) is 20.8. The number of phenols is 1. The number of benzene rings is 3. The van der Waals surface area contributed by atoms with Gasteiger partial charge in [-0.15, -0.1) is 0 Å². The van der Waals surface area contributed by atoms with Crippen LogP contribution in [0.3, 0.4) is 0 Å². The van der Waals surface area contributed by atoms with Crippen molar-refractivity contribution in [2.45, 2.75) is 32.5 Å². The Labute approximate surface area is 188 Å². The maximum Gasteiger partial charge on any atom is 0.313 e. The van der Waals surface area contributed by atoms with E-state index in [1.165, 1.54) is 0 Å². The van der Waals surface area contributed by atoms with Gasteiger partial charge in [0.25, 0.3) is 0 Å². The van der Waals surface area contributed by atoms with E-state index in [-0.39, 0.29) is 31.7 Å². The van der Waals surface area contributed by atoms with Gasteiger partial charge < -0.3 is 24.0 Å². The van der Waals surface area contributed by atoms with Crippen LogP contribution >= 0.6 is 0 Å². The fourth-order valence-electron chi connectivity index (χ4n) is 3.66. The summed E-state index contributed by atoms with van der Waals surface area (Å²) in [5, 5.41) is 10.7. The van der Waals surface area contributed by atoms with Crippen LogP contribution in [0.1, 0.15) is 37.0 Å². The van der Waals surface area contributed by atoms with Crippen molar-refractivity contribution in [3.63, 3.8) is 0 Å². The molecule has 1 N–H and O–H groups in total. The molecule has 1 heterocycles. The molecule has 164 valence electrons. The predicted molar refractivity (Wildman–Crippen MR) is 122 cm³/mol. The van der Waals surface area contributed by atoms with Crippen molar-refractivity contribution in [3.8, 4) is 23.0 Å². The first-order valence-corrected chi connectivity index (χ1v) is 10.7. The molecule has 1 unspecified atom stereocenters. The molecule has 0 amide bonds. The fraction of sp³-hybridized carbons (Fsp3) is 0.240. The fourth-order valence-corrected chi connectivity index (χ4v) is 3.66. The van der Waals surface area contributed by atoms with Gasteiger partial charge in [-0.2, -0.15) is 0 Å². The van der Waals surface area contributed by atoms with Crippen LogP contribution in [0.4, 0.5) is 0 Å². The highest BCUT2D eigenvalue weighted by Gasteiger charge is 2.29. The summed E-state index contributed by atoms with van der Waals surface area (Å²) in [6.45, 7) is 2.60. The lowest BCUT2D eigenvalue weighted by Crippen LogP contribution is -2.12. The molecule has 0 radical (unpaired) electrons. The lowest BCUT2D eigenvalue weighted by Gasteiger charge is -2.14. The summed E-state index contributed by atoms with van der Waals surface area (Å²) >= 11 is 0. The van der Waals surface area contributed by atoms with Crippen LogP contribution < -0.4 is 14.9 Å². The van der Waals surface area contributed by atoms with Crippen LogP contribution in [-0.4, -0.2) is 25.2 Å². The van der Waals surface area contributed by atoms with Gasteiger partial charge in [-0.25, -0.2) is 0 Å². The van der Waals surface area contributed by atoms with Gasteiger partial charge in [0.15, 0.2) is 11.5 Å². The van der Waals surface area contributed by atoms with Crippen molar-refractivity contribution in [1.82, 2.24) is 0 Å². The molecule has 3 aromatic rings. The van der Waals surface area contributed by atoms with E-state index in [1.54, 1.807) is 25.1 Å². The molecule has 3 aromatic carbocycles. The van der Waals surface area contributed by atoms with E-state index in [4.69, 9.17) is 18.9 Å². The van der Waals surface area contributed by atoms with Crippen LogP contribution in [0, 0.1) is 0 Å². The van der Waals surface area contributed by atoms with Crippen LogP contribution in [0.5, 0.6) is 23.0 Å². The number of rotatable bonds is 9. The van der Waals surface area contributed by atoms with Crippen LogP contribution in [0.2, 0.25) is 0 Å². The van der Waals surface area contributed by atoms with Gasteiger partial charge in [0.2, 0.25) is 0 Å². The number of carbonyl (C=O) groups excluding carboxylic acids is 1. The number of phenolic OH excluding ortho intramolecular Hbond substituents is 1. The minimum Gasteiger partial charge on any atom is -0.505 e. The largest absolute Gasteiger partial charge is 0.505 e. The highest BCUT2D eigenvalue weighted by atomic mass is 16.5. The van der Waals surface area contributed by atoms with E-state index < -0.39 is 0 Å². The third-order valence-corrected chi connectivity index (χ3v) is 5.26. The summed E-state index contributed by atoms with van der Waals surface area (Å²) in [5.41, 5.74) is 2.64. The Balaban J connectivity index is 1.41. The molecule has 0 aliphatic carbocycles. The Hall–Kier alpha value is -3.45. The quantitative estimate of drug-likeness (QED) is 0.405. The number of esters is 1. The minimum atomic E-state index is -0.247. The average Bonchev–Trinajstić information content (AvgIpc) is 3.23. The van der Waals surface area contributed by atoms with Crippen molar-refractivity contribution in [1.29, 1.82) is 0 Å². The van der Waals surface area contributed by atoms with E-state index in [1.807, 2.05) is 48.5 Å². The molecule has 0 aromatic heterocycles. The maximum absolute atomic E-state index is 11.6. The molecule has 4 rings (SSSR count). The predicted octanol–water partition coefficient (Wildman–Crippen LogP) is 4.15. The number of hydrogen-bond donors (Lipinski definition) is 1. The first kappa shape index (κ1) is 21.8. The van der Waals surface area contributed by atoms with E-state index in [0.717, 1.165) is 11.1 Å². The molecule has 0 saturated carbocycles. The number of ether oxygens (including phenoxy) is 3. The molecule has 6 nitrogen and oxygen atoms in total. The summed E-state index contributed by atoms with van der Waals surface area (Å²) in [4.78, 5) is 11.6. The van der Waals surface area contributed by atoms with Gasteiger partial charge in [-0.3, -0.25) is 4.79 Å². The lowest BCUT2D eigenvalue weighted by molar-refractivity contribution is -0.143. The Kier molecular flexibility index (Phi) is 6.97. The first-order chi connectivity index (χ1) is 15.6. The van der Waals surface area contributed by atoms with Gasteiger partial charge in [-0.05, 0) is 48.1 Å². The summed E-state index contributed by atoms with van der Waals surface area (Å²) in [6.07, 6.45) is 0.531. The van der Waals surface area contributed by atoms with Gasteiger partial charge in [0.1, 0.15) is 18.1 Å². The molecule has 0 spiro atoms. The van der Waals surface area contributed by atoms with Gasteiger partial charge in [-0.1, -0.05) is 42.5 Å². The standard InChI is InChI=1S/C25H25BO6/c1-2-29-23(27)14-13-21-20-11-12-22(25(28)24(20)26-32-21)31-19-10-6-9-18(15-19)30-16-17-7-4-3-5-8-17/h3-12,15,21,26,28H,2,13-14,16H2,1H3. The molecule has 0 saturated heterocycles. The number of fused-ring (bicyclic) bond motifs is 1. The highest BCUT2D eigenvalue weighted by molar-refractivity contribution is 6.50. The molecular weight excluding hydrogens is 407 g/mol. The van der Waals surface area contributed by atoms with E-state index in [0.29, 0.717) is 42.3 Å². The van der Waals surface area contributed by atoms with Crippen molar-refractivity contribution in [2.75, 3.05) is 6.61 Å². The zero-order valence-electron chi connectivity index (χ0n) is 18.0. The second-order valence-corrected chi connectivity index (χ2v) is 7.47. The summed E-state index contributed by atoms with van der Waals surface area (Å²) in [5.74, 6) is 1.39.